The number of hydrogen-bond donors (Lipinski definition) is 2. The van der Waals surface area contributed by atoms with Crippen LogP contribution in [0.15, 0.2) is 48.5 Å². The van der Waals surface area contributed by atoms with Gasteiger partial charge in [0.05, 0.1) is 5.92 Å². The normalized spacial score (nSPS) is 15.7. The van der Waals surface area contributed by atoms with Crippen molar-refractivity contribution in [2.45, 2.75) is 12.8 Å². The molecule has 1 aliphatic rings. The second-order valence-electron chi connectivity index (χ2n) is 7.47. The summed E-state index contributed by atoms with van der Waals surface area (Å²) in [5.41, 5.74) is 0.863. The third-order valence-corrected chi connectivity index (χ3v) is 6.20. The van der Waals surface area contributed by atoms with Crippen LogP contribution in [0.5, 0.6) is 0 Å². The summed E-state index contributed by atoms with van der Waals surface area (Å²) >= 11 is 6.80. The van der Waals surface area contributed by atoms with E-state index < -0.39 is 23.5 Å². The minimum absolute atomic E-state index is 0.0377. The number of hydrogen-bond acceptors (Lipinski definition) is 6. The highest BCUT2D eigenvalue weighted by Crippen LogP contribution is 2.23. The maximum atomic E-state index is 13.4. The Balaban J connectivity index is 1.38. The van der Waals surface area contributed by atoms with Crippen LogP contribution in [-0.2, 0) is 4.79 Å². The number of rotatable bonds is 5. The number of piperidine rings is 1. The molecular formula is C22H19ClFN5O3S. The molecule has 1 aromatic heterocycles. The number of anilines is 2. The number of carbonyl (C=O) groups is 3. The first kappa shape index (κ1) is 22.8. The van der Waals surface area contributed by atoms with E-state index in [0.29, 0.717) is 35.8 Å². The SMILES string of the molecule is O=C(Nc1cccc(Cl)c1)c1nnc(C(=O)N2CCC[C@H](C(=O)Nc3cccc(F)c3)C2)s1. The monoisotopic (exact) mass is 487 g/mol. The highest BCUT2D eigenvalue weighted by molar-refractivity contribution is 7.15. The molecule has 2 aromatic carbocycles. The Hall–Kier alpha value is -3.37. The highest BCUT2D eigenvalue weighted by atomic mass is 35.5. The van der Waals surface area contributed by atoms with Gasteiger partial charge in [0.2, 0.25) is 15.9 Å². The van der Waals surface area contributed by atoms with Gasteiger partial charge in [-0.25, -0.2) is 4.39 Å². The van der Waals surface area contributed by atoms with Gasteiger partial charge in [-0.2, -0.15) is 0 Å². The molecule has 0 aliphatic carbocycles. The lowest BCUT2D eigenvalue weighted by Gasteiger charge is -2.31. The molecule has 11 heteroatoms. The van der Waals surface area contributed by atoms with E-state index >= 15 is 0 Å². The van der Waals surface area contributed by atoms with Gasteiger partial charge in [0, 0.05) is 29.5 Å². The van der Waals surface area contributed by atoms with Crippen LogP contribution >= 0.6 is 22.9 Å². The lowest BCUT2D eigenvalue weighted by Crippen LogP contribution is -2.43. The van der Waals surface area contributed by atoms with Gasteiger partial charge in [-0.1, -0.05) is 35.1 Å². The van der Waals surface area contributed by atoms with Crippen LogP contribution in [0.25, 0.3) is 0 Å². The van der Waals surface area contributed by atoms with Crippen LogP contribution in [0.2, 0.25) is 5.02 Å². The summed E-state index contributed by atoms with van der Waals surface area (Å²) in [5.74, 6) is -2.06. The fraction of sp³-hybridized carbons (Fsp3) is 0.227. The van der Waals surface area contributed by atoms with Gasteiger partial charge in [-0.15, -0.1) is 10.2 Å². The second-order valence-corrected chi connectivity index (χ2v) is 8.88. The average Bonchev–Trinajstić information content (AvgIpc) is 3.29. The Morgan fingerprint density at radius 1 is 1.03 bits per heavy atom. The lowest BCUT2D eigenvalue weighted by molar-refractivity contribution is -0.121. The zero-order chi connectivity index (χ0) is 23.4. The van der Waals surface area contributed by atoms with Crippen molar-refractivity contribution in [3.63, 3.8) is 0 Å². The zero-order valence-corrected chi connectivity index (χ0v) is 18.8. The molecule has 4 rings (SSSR count). The molecule has 0 unspecified atom stereocenters. The molecular weight excluding hydrogens is 469 g/mol. The summed E-state index contributed by atoms with van der Waals surface area (Å²) in [6.07, 6.45) is 1.24. The van der Waals surface area contributed by atoms with Crippen molar-refractivity contribution < 1.29 is 18.8 Å². The third kappa shape index (κ3) is 5.71. The first-order valence-corrected chi connectivity index (χ1v) is 11.3. The van der Waals surface area contributed by atoms with Crippen molar-refractivity contribution in [3.8, 4) is 0 Å². The van der Waals surface area contributed by atoms with Crippen LogP contribution < -0.4 is 10.6 Å². The molecule has 1 atom stereocenters. The Labute approximate surface area is 197 Å². The van der Waals surface area contributed by atoms with Crippen LogP contribution in [-0.4, -0.2) is 45.9 Å². The first-order chi connectivity index (χ1) is 15.9. The largest absolute Gasteiger partial charge is 0.336 e. The van der Waals surface area contributed by atoms with Crippen LogP contribution in [0.4, 0.5) is 15.8 Å². The number of nitrogens with zero attached hydrogens (tertiary/aromatic N) is 3. The van der Waals surface area contributed by atoms with E-state index in [1.807, 2.05) is 0 Å². The van der Waals surface area contributed by atoms with Crippen molar-refractivity contribution in [2.24, 2.45) is 5.92 Å². The summed E-state index contributed by atoms with van der Waals surface area (Å²) in [6.45, 7) is 0.663. The highest BCUT2D eigenvalue weighted by Gasteiger charge is 2.31. The van der Waals surface area contributed by atoms with Gasteiger partial charge in [-0.05, 0) is 49.2 Å². The minimum Gasteiger partial charge on any atom is -0.336 e. The fourth-order valence-corrected chi connectivity index (χ4v) is 4.37. The molecule has 2 heterocycles. The predicted octanol–water partition coefficient (Wildman–Crippen LogP) is 4.07. The van der Waals surface area contributed by atoms with Crippen molar-refractivity contribution in [1.82, 2.24) is 15.1 Å². The molecule has 0 saturated carbocycles. The minimum atomic E-state index is -0.500. The molecule has 3 amide bonds. The Morgan fingerprint density at radius 3 is 2.52 bits per heavy atom. The quantitative estimate of drug-likeness (QED) is 0.564. The molecule has 1 fully saturated rings. The van der Waals surface area contributed by atoms with Crippen LogP contribution in [0.3, 0.4) is 0 Å². The lowest BCUT2D eigenvalue weighted by atomic mass is 9.97. The number of aromatic nitrogens is 2. The maximum Gasteiger partial charge on any atom is 0.286 e. The van der Waals surface area contributed by atoms with E-state index in [-0.39, 0.29) is 22.5 Å². The molecule has 2 N–H and O–H groups in total. The van der Waals surface area contributed by atoms with Gasteiger partial charge in [0.25, 0.3) is 11.8 Å². The topological polar surface area (TPSA) is 104 Å². The van der Waals surface area contributed by atoms with Gasteiger partial charge in [0.15, 0.2) is 0 Å². The molecule has 170 valence electrons. The summed E-state index contributed by atoms with van der Waals surface area (Å²) in [6, 6.07) is 12.3. The predicted molar refractivity (Wildman–Crippen MR) is 123 cm³/mol. The number of halogens is 2. The molecule has 33 heavy (non-hydrogen) atoms. The Morgan fingerprint density at radius 2 is 1.76 bits per heavy atom. The number of carbonyl (C=O) groups excluding carboxylic acids is 3. The van der Waals surface area contributed by atoms with E-state index in [0.717, 1.165) is 11.3 Å². The summed E-state index contributed by atoms with van der Waals surface area (Å²) in [4.78, 5) is 39.5. The molecule has 0 bridgehead atoms. The summed E-state index contributed by atoms with van der Waals surface area (Å²) in [7, 11) is 0. The molecule has 0 radical (unpaired) electrons. The van der Waals surface area contributed by atoms with Crippen LogP contribution in [0, 0.1) is 11.7 Å². The maximum absolute atomic E-state index is 13.4. The van der Waals surface area contributed by atoms with Crippen molar-refractivity contribution in [1.29, 1.82) is 0 Å². The number of nitrogens with one attached hydrogen (secondary N) is 2. The molecule has 3 aromatic rings. The van der Waals surface area contributed by atoms with Gasteiger partial charge in [-0.3, -0.25) is 14.4 Å². The van der Waals surface area contributed by atoms with Gasteiger partial charge >= 0.3 is 0 Å². The molecule has 1 aliphatic heterocycles. The van der Waals surface area contributed by atoms with E-state index in [1.54, 1.807) is 30.3 Å². The van der Waals surface area contributed by atoms with E-state index in [4.69, 9.17) is 11.6 Å². The van der Waals surface area contributed by atoms with Crippen molar-refractivity contribution >= 4 is 52.0 Å². The number of benzene rings is 2. The summed E-state index contributed by atoms with van der Waals surface area (Å²) < 4.78 is 13.4. The third-order valence-electron chi connectivity index (χ3n) is 5.06. The average molecular weight is 488 g/mol. The zero-order valence-electron chi connectivity index (χ0n) is 17.3. The van der Waals surface area contributed by atoms with Gasteiger partial charge < -0.3 is 15.5 Å². The Kier molecular flexibility index (Phi) is 6.95. The fourth-order valence-electron chi connectivity index (χ4n) is 3.47. The summed E-state index contributed by atoms with van der Waals surface area (Å²) in [5, 5.41) is 13.6. The molecule has 8 nitrogen and oxygen atoms in total. The Bertz CT molecular complexity index is 1200. The van der Waals surface area contributed by atoms with E-state index in [1.165, 1.54) is 23.1 Å². The second kappa shape index (κ2) is 10.1. The number of amides is 3. The van der Waals surface area contributed by atoms with Crippen molar-refractivity contribution in [2.75, 3.05) is 23.7 Å². The smallest absolute Gasteiger partial charge is 0.286 e. The van der Waals surface area contributed by atoms with E-state index in [9.17, 15) is 18.8 Å². The first-order valence-electron chi connectivity index (χ1n) is 10.1. The van der Waals surface area contributed by atoms with Crippen LogP contribution in [0.1, 0.15) is 32.4 Å². The van der Waals surface area contributed by atoms with Gasteiger partial charge in [0.1, 0.15) is 5.82 Å². The molecule has 1 saturated heterocycles. The standard InChI is InChI=1S/C22H19ClFN5O3S/c23-14-5-1-7-16(10-14)26-19(31)20-27-28-21(33-20)22(32)29-9-3-4-13(12-29)18(30)25-17-8-2-6-15(24)11-17/h1-2,5-8,10-11,13H,3-4,9,12H2,(H,25,30)(H,26,31)/t13-/m0/s1. The van der Waals surface area contributed by atoms with Crippen molar-refractivity contribution in [3.05, 3.63) is 69.4 Å². The van der Waals surface area contributed by atoms with E-state index in [2.05, 4.69) is 20.8 Å². The number of likely N-dealkylation sites (tertiary alicyclic amines) is 1. The molecule has 0 spiro atoms.